The summed E-state index contributed by atoms with van der Waals surface area (Å²) in [5.74, 6) is 0. The highest BCUT2D eigenvalue weighted by Crippen LogP contribution is 2.06. The molecule has 0 heterocycles. The van der Waals surface area contributed by atoms with Gasteiger partial charge in [0.1, 0.15) is 0 Å². The van der Waals surface area contributed by atoms with Crippen molar-refractivity contribution in [2.45, 2.75) is 44.9 Å². The van der Waals surface area contributed by atoms with Crippen molar-refractivity contribution in [1.82, 2.24) is 0 Å². The third-order valence-electron chi connectivity index (χ3n) is 2.29. The zero-order chi connectivity index (χ0) is 9.19. The van der Waals surface area contributed by atoms with Crippen molar-refractivity contribution in [1.29, 1.82) is 0 Å². The van der Waals surface area contributed by atoms with Crippen LogP contribution in [0.2, 0.25) is 0 Å². The van der Waals surface area contributed by atoms with E-state index in [0.717, 1.165) is 0 Å². The van der Waals surface area contributed by atoms with Crippen LogP contribution in [0.25, 0.3) is 0 Å². The van der Waals surface area contributed by atoms with Gasteiger partial charge in [-0.3, -0.25) is 0 Å². The second kappa shape index (κ2) is 7.85. The average Bonchev–Trinajstić information content (AvgIpc) is 2.18. The second-order valence-corrected chi connectivity index (χ2v) is 3.54. The van der Waals surface area contributed by atoms with Gasteiger partial charge in [0.05, 0.1) is 0 Å². The van der Waals surface area contributed by atoms with Crippen LogP contribution in [-0.2, 0) is 0 Å². The van der Waals surface area contributed by atoms with Crippen LogP contribution < -0.4 is 0 Å². The highest BCUT2D eigenvalue weighted by atomic mass is 13.9. The highest BCUT2D eigenvalue weighted by Gasteiger charge is 1.86. The van der Waals surface area contributed by atoms with Crippen molar-refractivity contribution in [3.05, 3.63) is 36.5 Å². The van der Waals surface area contributed by atoms with Crippen LogP contribution in [-0.4, -0.2) is 0 Å². The fourth-order valence-electron chi connectivity index (χ4n) is 1.48. The first-order chi connectivity index (χ1) is 6.50. The third-order valence-corrected chi connectivity index (χ3v) is 2.29. The van der Waals surface area contributed by atoms with Gasteiger partial charge in [-0.25, -0.2) is 0 Å². The summed E-state index contributed by atoms with van der Waals surface area (Å²) in [5, 5.41) is 0. The highest BCUT2D eigenvalue weighted by molar-refractivity contribution is 5.03. The van der Waals surface area contributed by atoms with E-state index in [-0.39, 0.29) is 0 Å². The molecule has 0 radical (unpaired) electrons. The Bertz CT molecular complexity index is 184. The topological polar surface area (TPSA) is 0 Å². The van der Waals surface area contributed by atoms with Gasteiger partial charge < -0.3 is 0 Å². The molecule has 1 aliphatic rings. The van der Waals surface area contributed by atoms with E-state index in [9.17, 15) is 0 Å². The van der Waals surface area contributed by atoms with Crippen molar-refractivity contribution in [3.8, 4) is 0 Å². The molecule has 0 saturated carbocycles. The lowest BCUT2D eigenvalue weighted by molar-refractivity contribution is 0.695. The molecule has 1 aliphatic carbocycles. The Hall–Kier alpha value is -0.780. The molecule has 0 spiro atoms. The molecule has 1 rings (SSSR count). The standard InChI is InChI=1S/C13H20/c1-2-4-6-8-10-12-13-11-9-7-5-3-1/h1-4,9,11H,5-8,10,12-13H2/b3-1?,4-2?,11-9+. The minimum atomic E-state index is 1.18. The molecule has 0 saturated heterocycles. The molecular weight excluding hydrogens is 156 g/mol. The smallest absolute Gasteiger partial charge is 0.0313 e. The molecule has 0 aromatic carbocycles. The Morgan fingerprint density at radius 3 is 1.85 bits per heavy atom. The lowest BCUT2D eigenvalue weighted by atomic mass is 10.1. The van der Waals surface area contributed by atoms with Crippen LogP contribution in [0.15, 0.2) is 36.5 Å². The van der Waals surface area contributed by atoms with Gasteiger partial charge in [0.2, 0.25) is 0 Å². The van der Waals surface area contributed by atoms with Crippen molar-refractivity contribution in [2.24, 2.45) is 0 Å². The number of hydrogen-bond donors (Lipinski definition) is 0. The van der Waals surface area contributed by atoms with Crippen molar-refractivity contribution < 1.29 is 0 Å². The largest absolute Gasteiger partial charge is 0.0885 e. The summed E-state index contributed by atoms with van der Waals surface area (Å²) in [6, 6.07) is 0. The van der Waals surface area contributed by atoms with Gasteiger partial charge in [0.15, 0.2) is 0 Å². The van der Waals surface area contributed by atoms with Gasteiger partial charge in [0, 0.05) is 0 Å². The number of hydrogen-bond acceptors (Lipinski definition) is 0. The molecule has 0 nitrogen and oxygen atoms in total. The summed E-state index contributed by atoms with van der Waals surface area (Å²) in [7, 11) is 0. The molecule has 0 aromatic heterocycles. The first-order valence-electron chi connectivity index (χ1n) is 5.47. The first kappa shape index (κ1) is 10.3. The van der Waals surface area contributed by atoms with Crippen molar-refractivity contribution in [3.63, 3.8) is 0 Å². The van der Waals surface area contributed by atoms with Crippen LogP contribution in [0.3, 0.4) is 0 Å². The van der Waals surface area contributed by atoms with Crippen LogP contribution >= 0.6 is 0 Å². The Kier molecular flexibility index (Phi) is 6.22. The van der Waals surface area contributed by atoms with Crippen LogP contribution in [0, 0.1) is 0 Å². The fraction of sp³-hybridized carbons (Fsp3) is 0.538. The molecule has 0 N–H and O–H groups in total. The molecule has 0 bridgehead atoms. The predicted octanol–water partition coefficient (Wildman–Crippen LogP) is 4.40. The van der Waals surface area contributed by atoms with Crippen molar-refractivity contribution >= 4 is 0 Å². The molecule has 0 atom stereocenters. The van der Waals surface area contributed by atoms with E-state index >= 15 is 0 Å². The van der Waals surface area contributed by atoms with Crippen molar-refractivity contribution in [2.75, 3.05) is 0 Å². The average molecular weight is 176 g/mol. The van der Waals surface area contributed by atoms with E-state index in [1.165, 1.54) is 44.9 Å². The fourth-order valence-corrected chi connectivity index (χ4v) is 1.48. The molecule has 0 amide bonds. The summed E-state index contributed by atoms with van der Waals surface area (Å²) in [5.41, 5.74) is 0. The van der Waals surface area contributed by atoms with Crippen LogP contribution in [0.4, 0.5) is 0 Å². The van der Waals surface area contributed by atoms with Gasteiger partial charge in [-0.15, -0.1) is 0 Å². The first-order valence-corrected chi connectivity index (χ1v) is 5.47. The Labute approximate surface area is 82.0 Å². The zero-order valence-electron chi connectivity index (χ0n) is 8.41. The summed E-state index contributed by atoms with van der Waals surface area (Å²) in [6.07, 6.45) is 22.5. The lowest BCUT2D eigenvalue weighted by Gasteiger charge is -1.94. The number of allylic oxidation sites excluding steroid dienone is 6. The van der Waals surface area contributed by atoms with Crippen LogP contribution in [0.1, 0.15) is 44.9 Å². The summed E-state index contributed by atoms with van der Waals surface area (Å²) >= 11 is 0. The molecule has 72 valence electrons. The molecule has 0 fully saturated rings. The monoisotopic (exact) mass is 176 g/mol. The minimum absolute atomic E-state index is 1.18. The minimum Gasteiger partial charge on any atom is -0.0885 e. The molecule has 0 heteroatoms. The third kappa shape index (κ3) is 6.39. The van der Waals surface area contributed by atoms with Gasteiger partial charge >= 0.3 is 0 Å². The number of rotatable bonds is 0. The summed E-state index contributed by atoms with van der Waals surface area (Å²) in [4.78, 5) is 0. The maximum atomic E-state index is 2.33. The van der Waals surface area contributed by atoms with E-state index in [1.54, 1.807) is 0 Å². The zero-order valence-corrected chi connectivity index (χ0v) is 8.41. The van der Waals surface area contributed by atoms with E-state index in [4.69, 9.17) is 0 Å². The Morgan fingerprint density at radius 1 is 0.462 bits per heavy atom. The van der Waals surface area contributed by atoms with Gasteiger partial charge in [-0.2, -0.15) is 0 Å². The van der Waals surface area contributed by atoms with E-state index in [0.29, 0.717) is 0 Å². The van der Waals surface area contributed by atoms with Gasteiger partial charge in [-0.05, 0) is 38.5 Å². The second-order valence-electron chi connectivity index (χ2n) is 3.54. The molecule has 13 heavy (non-hydrogen) atoms. The molecule has 0 aliphatic heterocycles. The maximum Gasteiger partial charge on any atom is -0.0313 e. The predicted molar refractivity (Wildman–Crippen MR) is 59.7 cm³/mol. The van der Waals surface area contributed by atoms with E-state index < -0.39 is 0 Å². The Morgan fingerprint density at radius 2 is 1.00 bits per heavy atom. The molecule has 0 aromatic rings. The quantitative estimate of drug-likeness (QED) is 0.480. The lowest BCUT2D eigenvalue weighted by Crippen LogP contribution is -1.74. The van der Waals surface area contributed by atoms with Crippen LogP contribution in [0.5, 0.6) is 0 Å². The Balaban J connectivity index is 2.28. The summed E-state index contributed by atoms with van der Waals surface area (Å²) < 4.78 is 0. The molecule has 0 unspecified atom stereocenters. The van der Waals surface area contributed by atoms with Gasteiger partial charge in [0.25, 0.3) is 0 Å². The van der Waals surface area contributed by atoms with E-state index in [2.05, 4.69) is 36.5 Å². The summed E-state index contributed by atoms with van der Waals surface area (Å²) in [6.45, 7) is 0. The maximum absolute atomic E-state index is 2.33. The SMILES string of the molecule is C1=CCC/C=C/CCCCCC=C1. The molecular formula is C13H20. The normalized spacial score (nSPS) is 22.8. The van der Waals surface area contributed by atoms with E-state index in [1.807, 2.05) is 0 Å². The van der Waals surface area contributed by atoms with Gasteiger partial charge in [-0.1, -0.05) is 42.9 Å².